The van der Waals surface area contributed by atoms with Gasteiger partial charge < -0.3 is 9.47 Å². The van der Waals surface area contributed by atoms with Crippen molar-refractivity contribution in [2.45, 2.75) is 19.6 Å². The van der Waals surface area contributed by atoms with Crippen LogP contribution in [0.4, 0.5) is 13.2 Å². The summed E-state index contributed by atoms with van der Waals surface area (Å²) < 4.78 is 54.5. The Morgan fingerprint density at radius 2 is 1.52 bits per heavy atom. The van der Waals surface area contributed by atoms with Crippen molar-refractivity contribution in [3.05, 3.63) is 95.8 Å². The van der Waals surface area contributed by atoms with E-state index in [9.17, 15) is 13.2 Å². The highest BCUT2D eigenvalue weighted by Crippen LogP contribution is 2.32. The third-order valence-electron chi connectivity index (χ3n) is 5.58. The van der Waals surface area contributed by atoms with Crippen molar-refractivity contribution in [3.8, 4) is 22.3 Å². The second kappa shape index (κ2) is 9.08. The summed E-state index contributed by atoms with van der Waals surface area (Å²) in [5.41, 5.74) is 2.88. The third-order valence-corrected chi connectivity index (χ3v) is 5.58. The van der Waals surface area contributed by atoms with Gasteiger partial charge in [0, 0.05) is 17.0 Å². The quantitative estimate of drug-likeness (QED) is 0.417. The van der Waals surface area contributed by atoms with E-state index in [1.54, 1.807) is 61.5 Å². The average Bonchev–Trinajstić information content (AvgIpc) is 2.81. The summed E-state index contributed by atoms with van der Waals surface area (Å²) in [5, 5.41) is 0. The first-order valence-electron chi connectivity index (χ1n) is 10.2. The molecule has 2 nitrogen and oxygen atoms in total. The molecule has 0 N–H and O–H groups in total. The molecule has 1 fully saturated rings. The molecule has 3 aromatic carbocycles. The van der Waals surface area contributed by atoms with Gasteiger partial charge in [-0.05, 0) is 34.7 Å². The van der Waals surface area contributed by atoms with Crippen LogP contribution in [0, 0.1) is 23.4 Å². The van der Waals surface area contributed by atoms with Gasteiger partial charge in [-0.25, -0.2) is 13.2 Å². The smallest absolute Gasteiger partial charge is 0.186 e. The molecule has 0 amide bonds. The third kappa shape index (κ3) is 4.29. The van der Waals surface area contributed by atoms with Gasteiger partial charge in [0.15, 0.2) is 17.9 Å². The molecule has 160 valence electrons. The molecule has 1 aliphatic rings. The van der Waals surface area contributed by atoms with E-state index in [0.717, 1.165) is 5.56 Å². The Labute approximate surface area is 179 Å². The fraction of sp³-hybridized carbons (Fsp3) is 0.231. The number of hydrogen-bond donors (Lipinski definition) is 0. The molecule has 0 atom stereocenters. The Bertz CT molecular complexity index is 1080. The Balaban J connectivity index is 1.55. The minimum Gasteiger partial charge on any atom is -0.348 e. The number of ether oxygens (including phenoxy) is 2. The van der Waals surface area contributed by atoms with Crippen LogP contribution in [0.25, 0.3) is 22.3 Å². The summed E-state index contributed by atoms with van der Waals surface area (Å²) in [5.74, 6) is -1.98. The average molecular weight is 424 g/mol. The minimum atomic E-state index is -0.853. The topological polar surface area (TPSA) is 18.5 Å². The van der Waals surface area contributed by atoms with Crippen LogP contribution in [0.5, 0.6) is 0 Å². The van der Waals surface area contributed by atoms with Crippen molar-refractivity contribution in [3.63, 3.8) is 0 Å². The Morgan fingerprint density at radius 3 is 2.13 bits per heavy atom. The molecule has 0 spiro atoms. The van der Waals surface area contributed by atoms with Crippen LogP contribution in [0.3, 0.4) is 0 Å². The maximum absolute atomic E-state index is 14.7. The monoisotopic (exact) mass is 424 g/mol. The van der Waals surface area contributed by atoms with E-state index in [1.807, 2.05) is 0 Å². The van der Waals surface area contributed by atoms with Crippen molar-refractivity contribution in [2.75, 3.05) is 13.2 Å². The Kier molecular flexibility index (Phi) is 6.25. The lowest BCUT2D eigenvalue weighted by atomic mass is 9.97. The van der Waals surface area contributed by atoms with Gasteiger partial charge >= 0.3 is 0 Å². The number of aryl methyl sites for hydroxylation is 1. The SMILES string of the molecule is C=CC1COC(c2ccc(-c3ccc(-c4ccc(CC)c(F)c4F)cc3)cc2F)OC1. The molecule has 0 unspecified atom stereocenters. The van der Waals surface area contributed by atoms with Crippen LogP contribution in [-0.2, 0) is 15.9 Å². The van der Waals surface area contributed by atoms with Crippen molar-refractivity contribution in [1.29, 1.82) is 0 Å². The van der Waals surface area contributed by atoms with Crippen LogP contribution in [0.15, 0.2) is 67.3 Å². The molecule has 1 heterocycles. The van der Waals surface area contributed by atoms with Gasteiger partial charge in [-0.2, -0.15) is 0 Å². The van der Waals surface area contributed by atoms with Crippen LogP contribution in [-0.4, -0.2) is 13.2 Å². The second-order valence-corrected chi connectivity index (χ2v) is 7.56. The highest BCUT2D eigenvalue weighted by atomic mass is 19.2. The maximum Gasteiger partial charge on any atom is 0.186 e. The van der Waals surface area contributed by atoms with Gasteiger partial charge in [-0.15, -0.1) is 6.58 Å². The van der Waals surface area contributed by atoms with Crippen molar-refractivity contribution in [1.82, 2.24) is 0 Å². The van der Waals surface area contributed by atoms with Gasteiger partial charge in [0.1, 0.15) is 5.82 Å². The lowest BCUT2D eigenvalue weighted by Crippen LogP contribution is -2.26. The number of benzene rings is 3. The van der Waals surface area contributed by atoms with Crippen LogP contribution in [0.1, 0.15) is 24.3 Å². The summed E-state index contributed by atoms with van der Waals surface area (Å²) in [6, 6.07) is 15.0. The number of hydrogen-bond acceptors (Lipinski definition) is 2. The zero-order valence-corrected chi connectivity index (χ0v) is 17.2. The lowest BCUT2D eigenvalue weighted by molar-refractivity contribution is -0.198. The van der Waals surface area contributed by atoms with E-state index in [4.69, 9.17) is 9.47 Å². The van der Waals surface area contributed by atoms with Crippen LogP contribution < -0.4 is 0 Å². The molecule has 1 aliphatic heterocycles. The zero-order chi connectivity index (χ0) is 22.0. The van der Waals surface area contributed by atoms with Crippen molar-refractivity contribution < 1.29 is 22.6 Å². The molecule has 3 aromatic rings. The molecule has 5 heteroatoms. The predicted molar refractivity (Wildman–Crippen MR) is 115 cm³/mol. The van der Waals surface area contributed by atoms with Crippen molar-refractivity contribution in [2.24, 2.45) is 5.92 Å². The molecule has 0 saturated carbocycles. The number of halogens is 3. The zero-order valence-electron chi connectivity index (χ0n) is 17.2. The van der Waals surface area contributed by atoms with Crippen LogP contribution >= 0.6 is 0 Å². The second-order valence-electron chi connectivity index (χ2n) is 7.56. The summed E-state index contributed by atoms with van der Waals surface area (Å²) in [6.45, 7) is 6.37. The van der Waals surface area contributed by atoms with E-state index in [2.05, 4.69) is 6.58 Å². The highest BCUT2D eigenvalue weighted by Gasteiger charge is 2.24. The Morgan fingerprint density at radius 1 is 0.871 bits per heavy atom. The van der Waals surface area contributed by atoms with Crippen LogP contribution in [0.2, 0.25) is 0 Å². The molecule has 1 saturated heterocycles. The standard InChI is InChI=1S/C26H23F3O2/c1-3-16-14-30-26(31-15-16)22-12-10-20(13-23(22)27)18-5-7-19(8-6-18)21-11-9-17(4-2)24(28)25(21)29/h3,5-13,16,26H,1,4,14-15H2,2H3. The first kappa shape index (κ1) is 21.3. The van der Waals surface area contributed by atoms with E-state index < -0.39 is 23.7 Å². The van der Waals surface area contributed by atoms with Crippen molar-refractivity contribution >= 4 is 0 Å². The van der Waals surface area contributed by atoms with Gasteiger partial charge in [0.05, 0.1) is 13.2 Å². The molecular formula is C26H23F3O2. The molecule has 0 aromatic heterocycles. The predicted octanol–water partition coefficient (Wildman–Crippen LogP) is 6.85. The lowest BCUT2D eigenvalue weighted by Gasteiger charge is -2.28. The summed E-state index contributed by atoms with van der Waals surface area (Å²) in [6.07, 6.45) is 1.45. The van der Waals surface area contributed by atoms with E-state index in [1.165, 1.54) is 6.07 Å². The first-order chi connectivity index (χ1) is 15.0. The molecule has 0 radical (unpaired) electrons. The fourth-order valence-electron chi connectivity index (χ4n) is 3.66. The van der Waals surface area contributed by atoms with E-state index in [-0.39, 0.29) is 11.5 Å². The molecule has 0 bridgehead atoms. The number of rotatable bonds is 5. The largest absolute Gasteiger partial charge is 0.348 e. The van der Waals surface area contributed by atoms with Gasteiger partial charge in [0.25, 0.3) is 0 Å². The molecular weight excluding hydrogens is 401 g/mol. The first-order valence-corrected chi connectivity index (χ1v) is 10.2. The van der Waals surface area contributed by atoms with Gasteiger partial charge in [-0.3, -0.25) is 0 Å². The summed E-state index contributed by atoms with van der Waals surface area (Å²) in [7, 11) is 0. The normalized spacial score (nSPS) is 18.7. The molecule has 0 aliphatic carbocycles. The fourth-order valence-corrected chi connectivity index (χ4v) is 3.66. The maximum atomic E-state index is 14.7. The van der Waals surface area contributed by atoms with E-state index in [0.29, 0.717) is 41.9 Å². The summed E-state index contributed by atoms with van der Waals surface area (Å²) >= 11 is 0. The summed E-state index contributed by atoms with van der Waals surface area (Å²) in [4.78, 5) is 0. The van der Waals surface area contributed by atoms with E-state index >= 15 is 0 Å². The minimum absolute atomic E-state index is 0.105. The highest BCUT2D eigenvalue weighted by molar-refractivity contribution is 5.71. The Hall–Kier alpha value is -2.89. The molecule has 31 heavy (non-hydrogen) atoms. The molecule has 4 rings (SSSR count). The van der Waals surface area contributed by atoms with Gasteiger partial charge in [0.2, 0.25) is 0 Å². The van der Waals surface area contributed by atoms with Gasteiger partial charge in [-0.1, -0.05) is 61.5 Å².